The zero-order valence-electron chi connectivity index (χ0n) is 10.9. The van der Waals surface area contributed by atoms with Crippen LogP contribution in [-0.4, -0.2) is 23.7 Å². The van der Waals surface area contributed by atoms with Crippen molar-refractivity contribution in [1.29, 1.82) is 0 Å². The van der Waals surface area contributed by atoms with E-state index in [-0.39, 0.29) is 11.6 Å². The highest BCUT2D eigenvalue weighted by Crippen LogP contribution is 2.17. The van der Waals surface area contributed by atoms with Gasteiger partial charge in [0.1, 0.15) is 11.6 Å². The van der Waals surface area contributed by atoms with Gasteiger partial charge < -0.3 is 10.4 Å². The number of nitrogens with one attached hydrogen (secondary N) is 1. The summed E-state index contributed by atoms with van der Waals surface area (Å²) >= 11 is 1.89. The van der Waals surface area contributed by atoms with Crippen LogP contribution in [-0.2, 0) is 6.54 Å². The van der Waals surface area contributed by atoms with Gasteiger partial charge in [-0.3, -0.25) is 0 Å². The van der Waals surface area contributed by atoms with Gasteiger partial charge in [0, 0.05) is 12.1 Å². The third-order valence-corrected chi connectivity index (χ3v) is 3.51. The lowest BCUT2D eigenvalue weighted by Gasteiger charge is -2.07. The topological polar surface area (TPSA) is 32.3 Å². The summed E-state index contributed by atoms with van der Waals surface area (Å²) in [6, 6.07) is 4.04. The second-order valence-corrected chi connectivity index (χ2v) is 5.34. The minimum atomic E-state index is -0.304. The highest BCUT2D eigenvalue weighted by atomic mass is 32.2. The Kier molecular flexibility index (Phi) is 7.85. The number of rotatable bonds is 9. The second-order valence-electron chi connectivity index (χ2n) is 4.36. The van der Waals surface area contributed by atoms with E-state index in [1.54, 1.807) is 0 Å². The maximum absolute atomic E-state index is 13.0. The van der Waals surface area contributed by atoms with E-state index in [1.807, 2.05) is 11.8 Å². The van der Waals surface area contributed by atoms with Crippen molar-refractivity contribution >= 4 is 11.8 Å². The summed E-state index contributed by atoms with van der Waals surface area (Å²) in [4.78, 5) is 0. The summed E-state index contributed by atoms with van der Waals surface area (Å²) in [5.41, 5.74) is 0.623. The largest absolute Gasteiger partial charge is 0.508 e. The molecular formula is C14H22FNOS. The maximum Gasteiger partial charge on any atom is 0.123 e. The summed E-state index contributed by atoms with van der Waals surface area (Å²) in [5.74, 6) is 1.09. The normalized spacial score (nSPS) is 10.8. The molecule has 0 heterocycles. The van der Waals surface area contributed by atoms with Crippen molar-refractivity contribution in [2.45, 2.75) is 32.2 Å². The van der Waals surface area contributed by atoms with Gasteiger partial charge in [0.15, 0.2) is 0 Å². The van der Waals surface area contributed by atoms with E-state index in [0.29, 0.717) is 12.1 Å². The van der Waals surface area contributed by atoms with Crippen LogP contribution in [0.1, 0.15) is 31.2 Å². The van der Waals surface area contributed by atoms with E-state index >= 15 is 0 Å². The molecule has 0 atom stereocenters. The van der Waals surface area contributed by atoms with Gasteiger partial charge in [-0.2, -0.15) is 11.8 Å². The fourth-order valence-electron chi connectivity index (χ4n) is 1.77. The minimum absolute atomic E-state index is 0.156. The van der Waals surface area contributed by atoms with Crippen molar-refractivity contribution < 1.29 is 9.50 Å². The van der Waals surface area contributed by atoms with E-state index in [1.165, 1.54) is 43.2 Å². The van der Waals surface area contributed by atoms with Gasteiger partial charge in [-0.1, -0.05) is 12.8 Å². The molecule has 2 nitrogen and oxygen atoms in total. The molecule has 4 heteroatoms. The fraction of sp³-hybridized carbons (Fsp3) is 0.571. The first-order valence-corrected chi connectivity index (χ1v) is 7.80. The number of benzene rings is 1. The average Bonchev–Trinajstić information content (AvgIpc) is 2.36. The van der Waals surface area contributed by atoms with E-state index in [4.69, 9.17) is 0 Å². The summed E-state index contributed by atoms with van der Waals surface area (Å²) in [6.45, 7) is 1.43. The smallest absolute Gasteiger partial charge is 0.123 e. The SMILES string of the molecule is CSCCCCCCNCc1cc(F)ccc1O. The Labute approximate surface area is 113 Å². The summed E-state index contributed by atoms with van der Waals surface area (Å²) < 4.78 is 13.0. The molecule has 0 radical (unpaired) electrons. The first-order chi connectivity index (χ1) is 8.74. The number of unbranched alkanes of at least 4 members (excludes halogenated alkanes) is 3. The van der Waals surface area contributed by atoms with Crippen LogP contribution in [0.3, 0.4) is 0 Å². The quantitative estimate of drug-likeness (QED) is 0.674. The van der Waals surface area contributed by atoms with Crippen molar-refractivity contribution in [1.82, 2.24) is 5.32 Å². The van der Waals surface area contributed by atoms with E-state index in [2.05, 4.69) is 11.6 Å². The van der Waals surface area contributed by atoms with Crippen molar-refractivity contribution in [2.75, 3.05) is 18.6 Å². The lowest BCUT2D eigenvalue weighted by molar-refractivity contribution is 0.461. The van der Waals surface area contributed by atoms with Crippen LogP contribution >= 0.6 is 11.8 Å². The fourth-order valence-corrected chi connectivity index (χ4v) is 2.26. The lowest BCUT2D eigenvalue weighted by atomic mass is 10.2. The van der Waals surface area contributed by atoms with Gasteiger partial charge >= 0.3 is 0 Å². The monoisotopic (exact) mass is 271 g/mol. The molecule has 0 saturated heterocycles. The summed E-state index contributed by atoms with van der Waals surface area (Å²) in [5, 5.41) is 12.8. The number of phenols is 1. The number of halogens is 1. The van der Waals surface area contributed by atoms with Gasteiger partial charge in [0.25, 0.3) is 0 Å². The molecule has 0 unspecified atom stereocenters. The zero-order valence-corrected chi connectivity index (χ0v) is 11.7. The lowest BCUT2D eigenvalue weighted by Crippen LogP contribution is -2.14. The van der Waals surface area contributed by atoms with Crippen molar-refractivity contribution in [3.8, 4) is 5.75 Å². The second kappa shape index (κ2) is 9.22. The van der Waals surface area contributed by atoms with Gasteiger partial charge in [-0.05, 0) is 49.6 Å². The molecule has 18 heavy (non-hydrogen) atoms. The van der Waals surface area contributed by atoms with Gasteiger partial charge in [-0.25, -0.2) is 4.39 Å². The van der Waals surface area contributed by atoms with Crippen molar-refractivity contribution in [3.63, 3.8) is 0 Å². The molecule has 0 fully saturated rings. The molecular weight excluding hydrogens is 249 g/mol. The highest BCUT2D eigenvalue weighted by molar-refractivity contribution is 7.98. The predicted octanol–water partition coefficient (Wildman–Crippen LogP) is 3.54. The molecule has 102 valence electrons. The van der Waals surface area contributed by atoms with Crippen molar-refractivity contribution in [3.05, 3.63) is 29.6 Å². The minimum Gasteiger partial charge on any atom is -0.508 e. The number of phenolic OH excluding ortho intramolecular Hbond substituents is 1. The zero-order chi connectivity index (χ0) is 13.2. The predicted molar refractivity (Wildman–Crippen MR) is 76.6 cm³/mol. The van der Waals surface area contributed by atoms with E-state index in [0.717, 1.165) is 13.0 Å². The molecule has 1 aromatic carbocycles. The summed E-state index contributed by atoms with van der Waals surface area (Å²) in [7, 11) is 0. The highest BCUT2D eigenvalue weighted by Gasteiger charge is 2.01. The van der Waals surface area contributed by atoms with E-state index < -0.39 is 0 Å². The number of hydrogen-bond acceptors (Lipinski definition) is 3. The standard InChI is InChI=1S/C14H22FNOS/c1-18-9-5-3-2-4-8-16-11-12-10-13(15)6-7-14(12)17/h6-7,10,16-17H,2-5,8-9,11H2,1H3. The van der Waals surface area contributed by atoms with Crippen LogP contribution in [0, 0.1) is 5.82 Å². The third-order valence-electron chi connectivity index (χ3n) is 2.81. The third kappa shape index (κ3) is 6.26. The molecule has 0 aromatic heterocycles. The molecule has 2 N–H and O–H groups in total. The van der Waals surface area contributed by atoms with Gasteiger partial charge in [-0.15, -0.1) is 0 Å². The number of aromatic hydroxyl groups is 1. The Morgan fingerprint density at radius 3 is 2.78 bits per heavy atom. The molecule has 1 rings (SSSR count). The Morgan fingerprint density at radius 1 is 1.22 bits per heavy atom. The molecule has 0 aliphatic carbocycles. The number of hydrogen-bond donors (Lipinski definition) is 2. The van der Waals surface area contributed by atoms with Gasteiger partial charge in [0.2, 0.25) is 0 Å². The molecule has 0 aliphatic rings. The van der Waals surface area contributed by atoms with Crippen LogP contribution in [0.2, 0.25) is 0 Å². The van der Waals surface area contributed by atoms with Crippen LogP contribution in [0.4, 0.5) is 4.39 Å². The number of thioether (sulfide) groups is 1. The van der Waals surface area contributed by atoms with Crippen LogP contribution in [0.15, 0.2) is 18.2 Å². The molecule has 0 saturated carbocycles. The Hall–Kier alpha value is -0.740. The molecule has 0 spiro atoms. The first kappa shape index (κ1) is 15.3. The Morgan fingerprint density at radius 2 is 2.00 bits per heavy atom. The Bertz CT molecular complexity index is 347. The molecule has 0 bridgehead atoms. The average molecular weight is 271 g/mol. The van der Waals surface area contributed by atoms with Crippen LogP contribution in [0.25, 0.3) is 0 Å². The molecule has 0 amide bonds. The molecule has 0 aliphatic heterocycles. The maximum atomic E-state index is 13.0. The van der Waals surface area contributed by atoms with Crippen LogP contribution in [0.5, 0.6) is 5.75 Å². The van der Waals surface area contributed by atoms with E-state index in [9.17, 15) is 9.50 Å². The molecule has 1 aromatic rings. The van der Waals surface area contributed by atoms with Crippen LogP contribution < -0.4 is 5.32 Å². The summed E-state index contributed by atoms with van der Waals surface area (Å²) in [6.07, 6.45) is 7.04. The van der Waals surface area contributed by atoms with Crippen molar-refractivity contribution in [2.24, 2.45) is 0 Å². The van der Waals surface area contributed by atoms with Gasteiger partial charge in [0.05, 0.1) is 0 Å². The Balaban J connectivity index is 2.09. The first-order valence-electron chi connectivity index (χ1n) is 6.41.